The highest BCUT2D eigenvalue weighted by molar-refractivity contribution is 5.77. The van der Waals surface area contributed by atoms with Crippen LogP contribution in [0.5, 0.6) is 0 Å². The van der Waals surface area contributed by atoms with Gasteiger partial charge in [-0.15, -0.1) is 0 Å². The first-order valence-corrected chi connectivity index (χ1v) is 4.23. The fourth-order valence-electron chi connectivity index (χ4n) is 1.14. The van der Waals surface area contributed by atoms with E-state index in [0.717, 1.165) is 18.5 Å². The van der Waals surface area contributed by atoms with Crippen molar-refractivity contribution >= 4 is 5.78 Å². The van der Waals surface area contributed by atoms with Crippen LogP contribution in [-0.2, 0) is 17.8 Å². The number of hydrogen-bond donors (Lipinski definition) is 0. The first-order chi connectivity index (χ1) is 5.72. The Bertz CT molecular complexity index is 265. The van der Waals surface area contributed by atoms with E-state index in [2.05, 4.69) is 12.0 Å². The van der Waals surface area contributed by atoms with Crippen molar-refractivity contribution in [2.45, 2.75) is 33.2 Å². The molecule has 0 bridgehead atoms. The molecule has 0 aliphatic rings. The largest absolute Gasteiger partial charge is 0.300 e. The molecule has 1 aromatic rings. The molecule has 0 atom stereocenters. The molecule has 0 aliphatic heterocycles. The van der Waals surface area contributed by atoms with Crippen molar-refractivity contribution in [1.29, 1.82) is 0 Å². The van der Waals surface area contributed by atoms with E-state index in [9.17, 15) is 4.79 Å². The summed E-state index contributed by atoms with van der Waals surface area (Å²) in [4.78, 5) is 10.7. The van der Waals surface area contributed by atoms with Crippen molar-refractivity contribution in [3.63, 3.8) is 0 Å². The Morgan fingerprint density at radius 3 is 3.00 bits per heavy atom. The molecule has 3 heteroatoms. The van der Waals surface area contributed by atoms with Crippen LogP contribution >= 0.6 is 0 Å². The van der Waals surface area contributed by atoms with Gasteiger partial charge in [0.25, 0.3) is 0 Å². The summed E-state index contributed by atoms with van der Waals surface area (Å²) in [5.74, 6) is 0.186. The highest BCUT2D eigenvalue weighted by Crippen LogP contribution is 2.00. The first-order valence-electron chi connectivity index (χ1n) is 4.23. The molecule has 0 saturated carbocycles. The number of nitrogens with zero attached hydrogens (tertiary/aromatic N) is 2. The zero-order valence-electron chi connectivity index (χ0n) is 7.58. The Hall–Kier alpha value is -1.12. The third-order valence-corrected chi connectivity index (χ3v) is 1.59. The molecule has 0 aliphatic carbocycles. The summed E-state index contributed by atoms with van der Waals surface area (Å²) in [6.07, 6.45) is 5.27. The van der Waals surface area contributed by atoms with E-state index in [0.29, 0.717) is 6.42 Å². The molecule has 0 radical (unpaired) electrons. The second-order valence-corrected chi connectivity index (χ2v) is 2.99. The van der Waals surface area contributed by atoms with E-state index in [4.69, 9.17) is 0 Å². The Morgan fingerprint density at radius 1 is 1.67 bits per heavy atom. The molecule has 12 heavy (non-hydrogen) atoms. The monoisotopic (exact) mass is 166 g/mol. The minimum Gasteiger partial charge on any atom is -0.300 e. The Labute approximate surface area is 72.4 Å². The maximum atomic E-state index is 10.7. The lowest BCUT2D eigenvalue weighted by Crippen LogP contribution is -1.97. The zero-order chi connectivity index (χ0) is 8.97. The van der Waals surface area contributed by atoms with E-state index < -0.39 is 0 Å². The van der Waals surface area contributed by atoms with Crippen LogP contribution in [0, 0.1) is 0 Å². The summed E-state index contributed by atoms with van der Waals surface area (Å²) >= 11 is 0. The van der Waals surface area contributed by atoms with Crippen molar-refractivity contribution in [3.05, 3.63) is 18.0 Å². The van der Waals surface area contributed by atoms with Crippen molar-refractivity contribution < 1.29 is 4.79 Å². The van der Waals surface area contributed by atoms with Crippen molar-refractivity contribution in [3.8, 4) is 0 Å². The van der Waals surface area contributed by atoms with E-state index in [1.807, 2.05) is 10.9 Å². The van der Waals surface area contributed by atoms with Gasteiger partial charge in [0.2, 0.25) is 0 Å². The molecule has 0 spiro atoms. The molecule has 0 unspecified atom stereocenters. The summed E-state index contributed by atoms with van der Waals surface area (Å²) in [5.41, 5.74) is 1.01. The van der Waals surface area contributed by atoms with Crippen LogP contribution in [0.4, 0.5) is 0 Å². The first kappa shape index (κ1) is 8.97. The maximum absolute atomic E-state index is 10.7. The van der Waals surface area contributed by atoms with Gasteiger partial charge in [-0.1, -0.05) is 6.92 Å². The second kappa shape index (κ2) is 4.04. The van der Waals surface area contributed by atoms with Crippen LogP contribution in [0.25, 0.3) is 0 Å². The van der Waals surface area contributed by atoms with Crippen molar-refractivity contribution in [2.75, 3.05) is 0 Å². The highest BCUT2D eigenvalue weighted by atomic mass is 16.1. The molecule has 0 fully saturated rings. The zero-order valence-corrected chi connectivity index (χ0v) is 7.58. The number of carbonyl (C=O) groups is 1. The van der Waals surface area contributed by atoms with Crippen LogP contribution in [-0.4, -0.2) is 15.6 Å². The van der Waals surface area contributed by atoms with Gasteiger partial charge in [0, 0.05) is 19.2 Å². The van der Waals surface area contributed by atoms with Gasteiger partial charge < -0.3 is 0 Å². The molecule has 1 rings (SSSR count). The molecule has 66 valence electrons. The number of carbonyl (C=O) groups excluding carboxylic acids is 1. The van der Waals surface area contributed by atoms with E-state index >= 15 is 0 Å². The number of aryl methyl sites for hydroxylation is 1. The second-order valence-electron chi connectivity index (χ2n) is 2.99. The van der Waals surface area contributed by atoms with Gasteiger partial charge in [-0.2, -0.15) is 5.10 Å². The van der Waals surface area contributed by atoms with Crippen molar-refractivity contribution in [1.82, 2.24) is 9.78 Å². The third kappa shape index (κ3) is 2.49. The molecular formula is C9H14N2O. The average Bonchev–Trinajstić information content (AvgIpc) is 2.36. The summed E-state index contributed by atoms with van der Waals surface area (Å²) in [7, 11) is 0. The number of hydrogen-bond acceptors (Lipinski definition) is 2. The predicted octanol–water partition coefficient (Wildman–Crippen LogP) is 1.42. The molecule has 0 amide bonds. The number of ketones is 1. The van der Waals surface area contributed by atoms with Gasteiger partial charge in [-0.3, -0.25) is 9.48 Å². The Balaban J connectivity index is 2.58. The SMILES string of the molecule is CCCn1cc(CC(C)=O)cn1. The molecule has 0 saturated heterocycles. The van der Waals surface area contributed by atoms with E-state index in [1.165, 1.54) is 0 Å². The third-order valence-electron chi connectivity index (χ3n) is 1.59. The molecule has 0 N–H and O–H groups in total. The lowest BCUT2D eigenvalue weighted by Gasteiger charge is -1.94. The maximum Gasteiger partial charge on any atom is 0.134 e. The van der Waals surface area contributed by atoms with Crippen LogP contribution in [0.1, 0.15) is 25.8 Å². The normalized spacial score (nSPS) is 10.2. The number of rotatable bonds is 4. The molecule has 1 heterocycles. The fourth-order valence-corrected chi connectivity index (χ4v) is 1.14. The van der Waals surface area contributed by atoms with E-state index in [-0.39, 0.29) is 5.78 Å². The van der Waals surface area contributed by atoms with Crippen molar-refractivity contribution in [2.24, 2.45) is 0 Å². The smallest absolute Gasteiger partial charge is 0.134 e. The van der Waals surface area contributed by atoms with Crippen LogP contribution in [0.3, 0.4) is 0 Å². The quantitative estimate of drug-likeness (QED) is 0.678. The topological polar surface area (TPSA) is 34.9 Å². The molecule has 1 aromatic heterocycles. The van der Waals surface area contributed by atoms with Gasteiger partial charge in [-0.05, 0) is 18.9 Å². The highest BCUT2D eigenvalue weighted by Gasteiger charge is 2.00. The van der Waals surface area contributed by atoms with Crippen LogP contribution < -0.4 is 0 Å². The molecule has 3 nitrogen and oxygen atoms in total. The Kier molecular flexibility index (Phi) is 3.02. The summed E-state index contributed by atoms with van der Waals surface area (Å²) in [6, 6.07) is 0. The van der Waals surface area contributed by atoms with E-state index in [1.54, 1.807) is 13.1 Å². The average molecular weight is 166 g/mol. The lowest BCUT2D eigenvalue weighted by molar-refractivity contribution is -0.116. The fraction of sp³-hybridized carbons (Fsp3) is 0.556. The van der Waals surface area contributed by atoms with Gasteiger partial charge in [0.1, 0.15) is 5.78 Å². The van der Waals surface area contributed by atoms with Gasteiger partial charge in [0.05, 0.1) is 6.20 Å². The summed E-state index contributed by atoms with van der Waals surface area (Å²) < 4.78 is 1.87. The summed E-state index contributed by atoms with van der Waals surface area (Å²) in [6.45, 7) is 4.63. The minimum atomic E-state index is 0.186. The number of aromatic nitrogens is 2. The van der Waals surface area contributed by atoms with Gasteiger partial charge in [0.15, 0.2) is 0 Å². The standard InChI is InChI=1S/C9H14N2O/c1-3-4-11-7-9(6-10-11)5-8(2)12/h6-7H,3-5H2,1-2H3. The molecule has 0 aromatic carbocycles. The summed E-state index contributed by atoms with van der Waals surface area (Å²) in [5, 5.41) is 4.12. The van der Waals surface area contributed by atoms with Crippen LogP contribution in [0.2, 0.25) is 0 Å². The predicted molar refractivity (Wildman–Crippen MR) is 46.9 cm³/mol. The molecular weight excluding hydrogens is 152 g/mol. The lowest BCUT2D eigenvalue weighted by atomic mass is 10.2. The Morgan fingerprint density at radius 2 is 2.42 bits per heavy atom. The van der Waals surface area contributed by atoms with Gasteiger partial charge in [-0.25, -0.2) is 0 Å². The van der Waals surface area contributed by atoms with Crippen LogP contribution in [0.15, 0.2) is 12.4 Å². The van der Waals surface area contributed by atoms with Gasteiger partial charge >= 0.3 is 0 Å². The number of Topliss-reactive ketones (excluding diaryl/α,β-unsaturated/α-hetero) is 1. The minimum absolute atomic E-state index is 0.186.